The maximum atomic E-state index is 6.54. The molecular formula is C21H21ClN8. The lowest BCUT2D eigenvalue weighted by Gasteiger charge is -2.37. The Kier molecular flexibility index (Phi) is 4.52. The first-order valence-corrected chi connectivity index (χ1v) is 10.0. The SMILES string of the molecule is CN1CC(Nc2nc(-c3cc(Cl)c4ncccc4c3)c(-c3ccn(C)n3)nc2N)C1. The van der Waals surface area contributed by atoms with E-state index in [1.165, 1.54) is 0 Å². The Morgan fingerprint density at radius 1 is 1.13 bits per heavy atom. The number of hydrogen-bond acceptors (Lipinski definition) is 7. The molecule has 0 saturated carbocycles. The number of rotatable bonds is 4. The summed E-state index contributed by atoms with van der Waals surface area (Å²) in [6.45, 7) is 1.87. The Morgan fingerprint density at radius 3 is 2.70 bits per heavy atom. The van der Waals surface area contributed by atoms with Crippen LogP contribution in [0.4, 0.5) is 11.6 Å². The van der Waals surface area contributed by atoms with Gasteiger partial charge in [0, 0.05) is 43.5 Å². The summed E-state index contributed by atoms with van der Waals surface area (Å²) in [4.78, 5) is 16.2. The van der Waals surface area contributed by atoms with Crippen LogP contribution in [-0.4, -0.2) is 55.8 Å². The molecule has 1 aliphatic heterocycles. The highest BCUT2D eigenvalue weighted by Crippen LogP contribution is 2.35. The zero-order chi connectivity index (χ0) is 20.8. The van der Waals surface area contributed by atoms with Gasteiger partial charge in [-0.2, -0.15) is 5.10 Å². The molecule has 1 fully saturated rings. The molecule has 0 bridgehead atoms. The Morgan fingerprint density at radius 2 is 1.97 bits per heavy atom. The molecule has 1 saturated heterocycles. The van der Waals surface area contributed by atoms with Gasteiger partial charge >= 0.3 is 0 Å². The fourth-order valence-corrected chi connectivity index (χ4v) is 4.02. The molecule has 5 rings (SSSR count). The zero-order valence-corrected chi connectivity index (χ0v) is 17.4. The number of nitrogens with zero attached hydrogens (tertiary/aromatic N) is 6. The molecule has 1 aliphatic rings. The predicted molar refractivity (Wildman–Crippen MR) is 119 cm³/mol. The van der Waals surface area contributed by atoms with Gasteiger partial charge in [0.25, 0.3) is 0 Å². The maximum absolute atomic E-state index is 6.54. The van der Waals surface area contributed by atoms with Gasteiger partial charge in [-0.15, -0.1) is 0 Å². The highest BCUT2D eigenvalue weighted by atomic mass is 35.5. The number of likely N-dealkylation sites (N-methyl/N-ethyl adjacent to an activating group) is 1. The number of pyridine rings is 1. The molecule has 3 aromatic heterocycles. The summed E-state index contributed by atoms with van der Waals surface area (Å²) in [7, 11) is 3.94. The molecule has 1 aromatic carbocycles. The molecule has 4 aromatic rings. The monoisotopic (exact) mass is 420 g/mol. The number of nitrogens with two attached hydrogens (primary N) is 1. The smallest absolute Gasteiger partial charge is 0.169 e. The van der Waals surface area contributed by atoms with Crippen molar-refractivity contribution < 1.29 is 0 Å². The van der Waals surface area contributed by atoms with Gasteiger partial charge in [-0.3, -0.25) is 9.67 Å². The lowest BCUT2D eigenvalue weighted by Crippen LogP contribution is -2.52. The second kappa shape index (κ2) is 7.23. The molecule has 152 valence electrons. The molecule has 0 radical (unpaired) electrons. The normalized spacial score (nSPS) is 14.8. The number of likely N-dealkylation sites (tertiary alicyclic amines) is 1. The fourth-order valence-electron chi connectivity index (χ4n) is 3.74. The highest BCUT2D eigenvalue weighted by Gasteiger charge is 2.25. The van der Waals surface area contributed by atoms with E-state index in [1.807, 2.05) is 43.6 Å². The van der Waals surface area contributed by atoms with Gasteiger partial charge in [0.15, 0.2) is 11.6 Å². The number of fused-ring (bicyclic) bond motifs is 1. The molecule has 0 unspecified atom stereocenters. The Bertz CT molecular complexity index is 1250. The van der Waals surface area contributed by atoms with Crippen LogP contribution >= 0.6 is 11.6 Å². The lowest BCUT2D eigenvalue weighted by atomic mass is 10.0. The molecule has 0 spiro atoms. The third-order valence-electron chi connectivity index (χ3n) is 5.22. The van der Waals surface area contributed by atoms with Crippen LogP contribution in [0.1, 0.15) is 0 Å². The van der Waals surface area contributed by atoms with Gasteiger partial charge < -0.3 is 16.0 Å². The quantitative estimate of drug-likeness (QED) is 0.523. The number of halogens is 1. The summed E-state index contributed by atoms with van der Waals surface area (Å²) in [5.41, 5.74) is 9.85. The number of nitrogen functional groups attached to an aromatic ring is 1. The summed E-state index contributed by atoms with van der Waals surface area (Å²) in [5.74, 6) is 0.924. The average molecular weight is 421 g/mol. The molecule has 0 aliphatic carbocycles. The van der Waals surface area contributed by atoms with Crippen molar-refractivity contribution in [3.63, 3.8) is 0 Å². The molecule has 0 atom stereocenters. The first kappa shape index (κ1) is 18.8. The van der Waals surface area contributed by atoms with Crippen LogP contribution in [0, 0.1) is 0 Å². The highest BCUT2D eigenvalue weighted by molar-refractivity contribution is 6.35. The van der Waals surface area contributed by atoms with Crippen LogP contribution < -0.4 is 11.1 Å². The minimum Gasteiger partial charge on any atom is -0.381 e. The number of anilines is 2. The Hall–Kier alpha value is -3.23. The first-order valence-electron chi connectivity index (χ1n) is 9.65. The number of benzene rings is 1. The fraction of sp³-hybridized carbons (Fsp3) is 0.238. The van der Waals surface area contributed by atoms with Gasteiger partial charge in [0.1, 0.15) is 17.1 Å². The minimum atomic E-state index is 0.296. The second-order valence-corrected chi connectivity index (χ2v) is 8.03. The van der Waals surface area contributed by atoms with E-state index in [9.17, 15) is 0 Å². The standard InChI is InChI=1S/C21H21ClN8/c1-29-10-14(11-29)25-21-20(23)26-19(16-5-7-30(2)28-16)18(27-21)13-8-12-4-3-6-24-17(12)15(22)9-13/h3-9,14H,10-11H2,1-2H3,(H2,23,26)(H,25,27). The second-order valence-electron chi connectivity index (χ2n) is 7.62. The van der Waals surface area contributed by atoms with Crippen molar-refractivity contribution in [2.24, 2.45) is 7.05 Å². The van der Waals surface area contributed by atoms with Crippen molar-refractivity contribution in [2.45, 2.75) is 6.04 Å². The minimum absolute atomic E-state index is 0.296. The zero-order valence-electron chi connectivity index (χ0n) is 16.7. The van der Waals surface area contributed by atoms with E-state index in [4.69, 9.17) is 22.3 Å². The summed E-state index contributed by atoms with van der Waals surface area (Å²) in [6, 6.07) is 9.94. The van der Waals surface area contributed by atoms with E-state index < -0.39 is 0 Å². The van der Waals surface area contributed by atoms with Crippen molar-refractivity contribution in [2.75, 3.05) is 31.2 Å². The van der Waals surface area contributed by atoms with Gasteiger partial charge in [0.05, 0.1) is 16.6 Å². The van der Waals surface area contributed by atoms with Crippen LogP contribution in [-0.2, 0) is 7.05 Å². The third-order valence-corrected chi connectivity index (χ3v) is 5.50. The van der Waals surface area contributed by atoms with E-state index in [1.54, 1.807) is 10.9 Å². The Balaban J connectivity index is 1.68. The molecule has 9 heteroatoms. The van der Waals surface area contributed by atoms with Gasteiger partial charge in [0.2, 0.25) is 0 Å². The number of hydrogen-bond donors (Lipinski definition) is 2. The average Bonchev–Trinajstić information content (AvgIpc) is 3.14. The van der Waals surface area contributed by atoms with Crippen LogP contribution in [0.25, 0.3) is 33.5 Å². The molecule has 0 amide bonds. The number of aromatic nitrogens is 5. The molecule has 4 heterocycles. The van der Waals surface area contributed by atoms with Gasteiger partial charge in [-0.05, 0) is 31.3 Å². The molecule has 8 nitrogen and oxygen atoms in total. The van der Waals surface area contributed by atoms with E-state index in [2.05, 4.69) is 32.3 Å². The number of aryl methyl sites for hydroxylation is 1. The van der Waals surface area contributed by atoms with Crippen LogP contribution in [0.15, 0.2) is 42.7 Å². The predicted octanol–water partition coefficient (Wildman–Crippen LogP) is 3.05. The largest absolute Gasteiger partial charge is 0.381 e. The Labute approximate surface area is 178 Å². The van der Waals surface area contributed by atoms with E-state index in [0.717, 1.165) is 29.6 Å². The summed E-state index contributed by atoms with van der Waals surface area (Å²) in [5, 5.41) is 9.41. The third kappa shape index (κ3) is 3.34. The van der Waals surface area contributed by atoms with E-state index >= 15 is 0 Å². The van der Waals surface area contributed by atoms with Gasteiger partial charge in [-0.1, -0.05) is 17.7 Å². The van der Waals surface area contributed by atoms with Crippen molar-refractivity contribution in [3.8, 4) is 22.6 Å². The number of nitrogens with one attached hydrogen (secondary N) is 1. The van der Waals surface area contributed by atoms with E-state index in [-0.39, 0.29) is 0 Å². The molecule has 30 heavy (non-hydrogen) atoms. The van der Waals surface area contributed by atoms with Gasteiger partial charge in [-0.25, -0.2) is 9.97 Å². The topological polar surface area (TPSA) is 97.8 Å². The summed E-state index contributed by atoms with van der Waals surface area (Å²) >= 11 is 6.54. The van der Waals surface area contributed by atoms with Crippen LogP contribution in [0.5, 0.6) is 0 Å². The van der Waals surface area contributed by atoms with Crippen molar-refractivity contribution >= 4 is 34.1 Å². The summed E-state index contributed by atoms with van der Waals surface area (Å²) < 4.78 is 1.73. The van der Waals surface area contributed by atoms with Crippen molar-refractivity contribution in [3.05, 3.63) is 47.7 Å². The lowest BCUT2D eigenvalue weighted by molar-refractivity contribution is 0.205. The van der Waals surface area contributed by atoms with Crippen molar-refractivity contribution in [1.82, 2.24) is 29.6 Å². The van der Waals surface area contributed by atoms with Crippen LogP contribution in [0.2, 0.25) is 5.02 Å². The molecular weight excluding hydrogens is 400 g/mol. The van der Waals surface area contributed by atoms with E-state index in [0.29, 0.717) is 39.8 Å². The van der Waals surface area contributed by atoms with Crippen molar-refractivity contribution in [1.29, 1.82) is 0 Å². The summed E-state index contributed by atoms with van der Waals surface area (Å²) in [6.07, 6.45) is 3.60. The first-order chi connectivity index (χ1) is 14.5. The maximum Gasteiger partial charge on any atom is 0.169 e. The molecule has 3 N–H and O–H groups in total. The van der Waals surface area contributed by atoms with Crippen LogP contribution in [0.3, 0.4) is 0 Å².